The Hall–Kier alpha value is -1.78. The van der Waals surface area contributed by atoms with Gasteiger partial charge >= 0.3 is 0 Å². The van der Waals surface area contributed by atoms with Gasteiger partial charge in [0.25, 0.3) is 0 Å². The van der Waals surface area contributed by atoms with E-state index < -0.39 is 17.7 Å². The summed E-state index contributed by atoms with van der Waals surface area (Å²) in [6, 6.07) is 13.1. The standard InChI is InChI=1S/C21H27F2N3O2.HI/c1-2-24-21(25-11-10-17-12-18(22)8-9-20(17)23)26-13-19(27)15-28-14-16-6-4-3-5-7-16;/h3-9,12,19,27H,2,10-11,13-15H2,1H3,(H2,24,25,26);1H. The maximum atomic E-state index is 13.6. The molecule has 0 aromatic heterocycles. The van der Waals surface area contributed by atoms with Gasteiger partial charge in [-0.05, 0) is 42.7 Å². The molecule has 0 aliphatic rings. The van der Waals surface area contributed by atoms with Gasteiger partial charge in [-0.2, -0.15) is 0 Å². The zero-order valence-electron chi connectivity index (χ0n) is 16.4. The first kappa shape index (κ1) is 25.3. The third-order valence-corrected chi connectivity index (χ3v) is 3.92. The van der Waals surface area contributed by atoms with Crippen molar-refractivity contribution in [2.45, 2.75) is 26.1 Å². The molecule has 2 aromatic rings. The minimum absolute atomic E-state index is 0. The number of aliphatic imine (C=N–C) groups is 1. The van der Waals surface area contributed by atoms with E-state index in [9.17, 15) is 13.9 Å². The fraction of sp³-hybridized carbons (Fsp3) is 0.381. The first-order chi connectivity index (χ1) is 13.6. The van der Waals surface area contributed by atoms with E-state index in [-0.39, 0.29) is 37.1 Å². The maximum absolute atomic E-state index is 13.6. The van der Waals surface area contributed by atoms with E-state index in [0.717, 1.165) is 17.7 Å². The van der Waals surface area contributed by atoms with Crippen molar-refractivity contribution in [3.63, 3.8) is 0 Å². The van der Waals surface area contributed by atoms with Crippen LogP contribution in [0.3, 0.4) is 0 Å². The van der Waals surface area contributed by atoms with Crippen molar-refractivity contribution in [1.82, 2.24) is 10.6 Å². The minimum atomic E-state index is -0.736. The lowest BCUT2D eigenvalue weighted by molar-refractivity contribution is 0.0331. The van der Waals surface area contributed by atoms with E-state index in [1.165, 1.54) is 6.07 Å². The van der Waals surface area contributed by atoms with Gasteiger partial charge in [0.05, 0.1) is 25.9 Å². The van der Waals surface area contributed by atoms with Crippen LogP contribution in [0.2, 0.25) is 0 Å². The Bertz CT molecular complexity index is 748. The smallest absolute Gasteiger partial charge is 0.191 e. The summed E-state index contributed by atoms with van der Waals surface area (Å²) < 4.78 is 32.4. The fourth-order valence-corrected chi connectivity index (χ4v) is 2.53. The van der Waals surface area contributed by atoms with Gasteiger partial charge in [0.1, 0.15) is 11.6 Å². The summed E-state index contributed by atoms with van der Waals surface area (Å²) in [4.78, 5) is 4.31. The van der Waals surface area contributed by atoms with Gasteiger partial charge < -0.3 is 20.5 Å². The molecule has 0 spiro atoms. The van der Waals surface area contributed by atoms with Crippen LogP contribution in [-0.2, 0) is 17.8 Å². The highest BCUT2D eigenvalue weighted by atomic mass is 127. The number of ether oxygens (including phenoxy) is 1. The number of benzene rings is 2. The summed E-state index contributed by atoms with van der Waals surface area (Å²) in [5.74, 6) is -0.395. The van der Waals surface area contributed by atoms with Crippen molar-refractivity contribution in [3.05, 3.63) is 71.3 Å². The average molecular weight is 519 g/mol. The summed E-state index contributed by atoms with van der Waals surface area (Å²) in [5, 5.41) is 16.1. The van der Waals surface area contributed by atoms with Crippen LogP contribution in [-0.4, -0.2) is 43.4 Å². The van der Waals surface area contributed by atoms with E-state index in [2.05, 4.69) is 15.6 Å². The Labute approximate surface area is 187 Å². The number of rotatable bonds is 10. The largest absolute Gasteiger partial charge is 0.389 e. The van der Waals surface area contributed by atoms with Crippen molar-refractivity contribution >= 4 is 29.9 Å². The van der Waals surface area contributed by atoms with Crippen molar-refractivity contribution in [2.24, 2.45) is 4.99 Å². The molecule has 0 saturated heterocycles. The molecule has 0 fully saturated rings. The molecule has 0 heterocycles. The van der Waals surface area contributed by atoms with Crippen molar-refractivity contribution < 1.29 is 18.6 Å². The number of halogens is 3. The number of guanidine groups is 1. The van der Waals surface area contributed by atoms with Crippen LogP contribution in [0.5, 0.6) is 0 Å². The van der Waals surface area contributed by atoms with Gasteiger partial charge in [-0.15, -0.1) is 24.0 Å². The highest BCUT2D eigenvalue weighted by Gasteiger charge is 2.07. The Balaban J connectivity index is 0.00000420. The van der Waals surface area contributed by atoms with E-state index in [1.807, 2.05) is 37.3 Å². The number of hydrogen-bond acceptors (Lipinski definition) is 3. The second-order valence-corrected chi connectivity index (χ2v) is 6.29. The molecule has 5 nitrogen and oxygen atoms in total. The molecular weight excluding hydrogens is 491 g/mol. The van der Waals surface area contributed by atoms with Gasteiger partial charge in [0, 0.05) is 13.1 Å². The molecule has 0 bridgehead atoms. The average Bonchev–Trinajstić information content (AvgIpc) is 2.69. The molecular formula is C21H28F2IN3O2. The normalized spacial score (nSPS) is 12.2. The molecule has 3 N–H and O–H groups in total. The Morgan fingerprint density at radius 1 is 1.14 bits per heavy atom. The lowest BCUT2D eigenvalue weighted by Gasteiger charge is -2.13. The van der Waals surface area contributed by atoms with E-state index in [4.69, 9.17) is 4.74 Å². The van der Waals surface area contributed by atoms with Crippen LogP contribution in [0.4, 0.5) is 8.78 Å². The Morgan fingerprint density at radius 3 is 2.62 bits per heavy atom. The van der Waals surface area contributed by atoms with Crippen LogP contribution >= 0.6 is 24.0 Å². The summed E-state index contributed by atoms with van der Waals surface area (Å²) in [6.45, 7) is 3.71. The van der Waals surface area contributed by atoms with Crippen LogP contribution < -0.4 is 10.6 Å². The highest BCUT2D eigenvalue weighted by Crippen LogP contribution is 2.09. The molecule has 0 aliphatic heterocycles. The predicted octanol–water partition coefficient (Wildman–Crippen LogP) is 3.26. The van der Waals surface area contributed by atoms with Gasteiger partial charge in [0.2, 0.25) is 0 Å². The number of nitrogens with zero attached hydrogens (tertiary/aromatic N) is 1. The zero-order valence-corrected chi connectivity index (χ0v) is 18.7. The first-order valence-corrected chi connectivity index (χ1v) is 9.34. The predicted molar refractivity (Wildman–Crippen MR) is 122 cm³/mol. The summed E-state index contributed by atoms with van der Waals surface area (Å²) in [7, 11) is 0. The molecule has 29 heavy (non-hydrogen) atoms. The molecule has 8 heteroatoms. The van der Waals surface area contributed by atoms with E-state index in [0.29, 0.717) is 37.6 Å². The van der Waals surface area contributed by atoms with Crippen LogP contribution in [0.1, 0.15) is 18.1 Å². The van der Waals surface area contributed by atoms with Crippen LogP contribution in [0.15, 0.2) is 53.5 Å². The summed E-state index contributed by atoms with van der Waals surface area (Å²) >= 11 is 0. The molecule has 0 amide bonds. The van der Waals surface area contributed by atoms with Crippen LogP contribution in [0, 0.1) is 11.6 Å². The number of nitrogens with one attached hydrogen (secondary N) is 2. The third kappa shape index (κ3) is 10.00. The fourth-order valence-electron chi connectivity index (χ4n) is 2.53. The van der Waals surface area contributed by atoms with Crippen molar-refractivity contribution in [3.8, 4) is 0 Å². The summed E-state index contributed by atoms with van der Waals surface area (Å²) in [5.41, 5.74) is 1.34. The molecule has 1 atom stereocenters. The molecule has 0 aliphatic carbocycles. The third-order valence-electron chi connectivity index (χ3n) is 3.92. The Morgan fingerprint density at radius 2 is 1.90 bits per heavy atom. The Kier molecular flexibility index (Phi) is 12.4. The monoisotopic (exact) mass is 519 g/mol. The summed E-state index contributed by atoms with van der Waals surface area (Å²) in [6.07, 6.45) is -0.420. The lowest BCUT2D eigenvalue weighted by atomic mass is 10.1. The second-order valence-electron chi connectivity index (χ2n) is 6.29. The minimum Gasteiger partial charge on any atom is -0.389 e. The van der Waals surface area contributed by atoms with Crippen LogP contribution in [0.25, 0.3) is 0 Å². The maximum Gasteiger partial charge on any atom is 0.191 e. The molecule has 0 saturated carbocycles. The molecule has 160 valence electrons. The van der Waals surface area contributed by atoms with Gasteiger partial charge in [-0.1, -0.05) is 30.3 Å². The quantitative estimate of drug-likeness (QED) is 0.256. The number of aliphatic hydroxyl groups excluding tert-OH is 1. The van der Waals surface area contributed by atoms with E-state index in [1.54, 1.807) is 0 Å². The number of aliphatic hydroxyl groups is 1. The van der Waals surface area contributed by atoms with Crippen molar-refractivity contribution in [1.29, 1.82) is 0 Å². The second kappa shape index (κ2) is 14.2. The SMILES string of the molecule is CCNC(=NCC(O)COCc1ccccc1)NCCc1cc(F)ccc1F.I. The number of hydrogen-bond donors (Lipinski definition) is 3. The van der Waals surface area contributed by atoms with Gasteiger partial charge in [-0.3, -0.25) is 4.99 Å². The topological polar surface area (TPSA) is 65.9 Å². The molecule has 1 unspecified atom stereocenters. The molecule has 2 aromatic carbocycles. The molecule has 0 radical (unpaired) electrons. The first-order valence-electron chi connectivity index (χ1n) is 9.34. The molecule has 2 rings (SSSR count). The van der Waals surface area contributed by atoms with Gasteiger partial charge in [-0.25, -0.2) is 8.78 Å². The van der Waals surface area contributed by atoms with Gasteiger partial charge in [0.15, 0.2) is 5.96 Å². The lowest BCUT2D eigenvalue weighted by Crippen LogP contribution is -2.39. The van der Waals surface area contributed by atoms with Crippen molar-refractivity contribution in [2.75, 3.05) is 26.2 Å². The highest BCUT2D eigenvalue weighted by molar-refractivity contribution is 14.0. The zero-order chi connectivity index (χ0) is 20.2. The van der Waals surface area contributed by atoms with E-state index >= 15 is 0 Å².